The maximum Gasteiger partial charge on any atom is 0.226 e. The Bertz CT molecular complexity index is 395. The number of fused-ring (bicyclic) bond motifs is 5. The average molecular weight is 260 g/mol. The molecule has 0 N–H and O–H groups in total. The van der Waals surface area contributed by atoms with Gasteiger partial charge in [0.1, 0.15) is 0 Å². The van der Waals surface area contributed by atoms with Gasteiger partial charge in [-0.1, -0.05) is 13.8 Å². The van der Waals surface area contributed by atoms with Gasteiger partial charge in [-0.25, -0.2) is 0 Å². The van der Waals surface area contributed by atoms with Gasteiger partial charge < -0.3 is 4.90 Å². The molecule has 3 fully saturated rings. The van der Waals surface area contributed by atoms with Crippen molar-refractivity contribution >= 4 is 5.91 Å². The Morgan fingerprint density at radius 3 is 2.47 bits per heavy atom. The van der Waals surface area contributed by atoms with Crippen LogP contribution in [-0.2, 0) is 4.79 Å². The first kappa shape index (κ1) is 13.0. The third-order valence-electron chi connectivity index (χ3n) is 5.41. The molecule has 0 aromatic heterocycles. The molecule has 0 spiro atoms. The van der Waals surface area contributed by atoms with Gasteiger partial charge in [-0.05, 0) is 48.9 Å². The molecule has 3 nitrogen and oxygen atoms in total. The summed E-state index contributed by atoms with van der Waals surface area (Å²) in [6.45, 7) is 5.72. The molecule has 0 aromatic rings. The fraction of sp³-hybridized carbons (Fsp3) is 0.875. The maximum absolute atomic E-state index is 12.7. The highest BCUT2D eigenvalue weighted by molar-refractivity contribution is 5.83. The molecule has 0 saturated heterocycles. The van der Waals surface area contributed by atoms with E-state index in [-0.39, 0.29) is 0 Å². The first-order valence-corrected chi connectivity index (χ1v) is 7.79. The standard InChI is InChI=1S/C16H24N2O/c1-10(2)9-18(7-3-6-17)16(19)15-13-11-4-5-12(8-11)14(13)15/h10-15H,3-5,7-9H2,1-2H3. The van der Waals surface area contributed by atoms with Gasteiger partial charge in [-0.2, -0.15) is 5.26 Å². The molecule has 0 aliphatic heterocycles. The van der Waals surface area contributed by atoms with Gasteiger partial charge in [0, 0.05) is 19.0 Å². The van der Waals surface area contributed by atoms with Crippen molar-refractivity contribution in [1.82, 2.24) is 4.90 Å². The number of hydrogen-bond donors (Lipinski definition) is 0. The Labute approximate surface area is 116 Å². The maximum atomic E-state index is 12.7. The van der Waals surface area contributed by atoms with Gasteiger partial charge in [-0.3, -0.25) is 4.79 Å². The van der Waals surface area contributed by atoms with Crippen molar-refractivity contribution in [3.8, 4) is 6.07 Å². The van der Waals surface area contributed by atoms with Crippen molar-refractivity contribution < 1.29 is 4.79 Å². The van der Waals surface area contributed by atoms with Crippen LogP contribution >= 0.6 is 0 Å². The van der Waals surface area contributed by atoms with Crippen LogP contribution < -0.4 is 0 Å². The minimum Gasteiger partial charge on any atom is -0.341 e. The number of rotatable bonds is 5. The molecule has 3 aliphatic rings. The summed E-state index contributed by atoms with van der Waals surface area (Å²) in [5.74, 6) is 4.28. The predicted octanol–water partition coefficient (Wildman–Crippen LogP) is 2.68. The van der Waals surface area contributed by atoms with Gasteiger partial charge in [0.2, 0.25) is 5.91 Å². The van der Waals surface area contributed by atoms with Crippen LogP contribution in [0.1, 0.15) is 39.5 Å². The Kier molecular flexibility index (Phi) is 3.28. The normalized spacial score (nSPS) is 38.1. The van der Waals surface area contributed by atoms with Crippen molar-refractivity contribution in [3.05, 3.63) is 0 Å². The van der Waals surface area contributed by atoms with Crippen molar-refractivity contribution in [3.63, 3.8) is 0 Å². The molecular weight excluding hydrogens is 236 g/mol. The molecule has 2 bridgehead atoms. The molecule has 3 aliphatic carbocycles. The summed E-state index contributed by atoms with van der Waals surface area (Å²) >= 11 is 0. The van der Waals surface area contributed by atoms with E-state index in [1.807, 2.05) is 4.90 Å². The van der Waals surface area contributed by atoms with Crippen LogP contribution in [0.4, 0.5) is 0 Å². The zero-order valence-electron chi connectivity index (χ0n) is 12.0. The minimum absolute atomic E-state index is 0.323. The molecule has 1 amide bonds. The first-order valence-electron chi connectivity index (χ1n) is 7.79. The Morgan fingerprint density at radius 2 is 1.95 bits per heavy atom. The lowest BCUT2D eigenvalue weighted by atomic mass is 10.0. The van der Waals surface area contributed by atoms with E-state index in [9.17, 15) is 4.79 Å². The third kappa shape index (κ3) is 2.16. The molecule has 104 valence electrons. The minimum atomic E-state index is 0.323. The lowest BCUT2D eigenvalue weighted by Crippen LogP contribution is -2.37. The van der Waals surface area contributed by atoms with Crippen LogP contribution in [0.3, 0.4) is 0 Å². The SMILES string of the molecule is CC(C)CN(CCC#N)C(=O)C1C2C3CCC(C3)C12. The number of nitriles is 1. The quantitative estimate of drug-likeness (QED) is 0.763. The van der Waals surface area contributed by atoms with E-state index in [2.05, 4.69) is 19.9 Å². The number of hydrogen-bond acceptors (Lipinski definition) is 2. The van der Waals surface area contributed by atoms with Crippen molar-refractivity contribution in [2.45, 2.75) is 39.5 Å². The fourth-order valence-electron chi connectivity index (χ4n) is 4.78. The number of carbonyl (C=O) groups is 1. The van der Waals surface area contributed by atoms with Crippen LogP contribution in [0, 0.1) is 46.8 Å². The van der Waals surface area contributed by atoms with Gasteiger partial charge in [0.05, 0.1) is 12.5 Å². The summed E-state index contributed by atoms with van der Waals surface area (Å²) in [7, 11) is 0. The second kappa shape index (κ2) is 4.81. The smallest absolute Gasteiger partial charge is 0.226 e. The van der Waals surface area contributed by atoms with Crippen LogP contribution in [0.25, 0.3) is 0 Å². The zero-order valence-corrected chi connectivity index (χ0v) is 12.0. The van der Waals surface area contributed by atoms with Crippen LogP contribution in [0.2, 0.25) is 0 Å². The van der Waals surface area contributed by atoms with E-state index in [4.69, 9.17) is 5.26 Å². The Hall–Kier alpha value is -1.04. The Morgan fingerprint density at radius 1 is 1.32 bits per heavy atom. The highest BCUT2D eigenvalue weighted by atomic mass is 16.2. The largest absolute Gasteiger partial charge is 0.341 e. The molecule has 0 heterocycles. The molecule has 4 atom stereocenters. The molecular formula is C16H24N2O. The average Bonchev–Trinajstić information content (AvgIpc) is 2.81. The third-order valence-corrected chi connectivity index (χ3v) is 5.41. The summed E-state index contributed by atoms with van der Waals surface area (Å²) in [6, 6.07) is 2.17. The van der Waals surface area contributed by atoms with E-state index >= 15 is 0 Å². The van der Waals surface area contributed by atoms with Gasteiger partial charge in [-0.15, -0.1) is 0 Å². The van der Waals surface area contributed by atoms with Gasteiger partial charge in [0.15, 0.2) is 0 Å². The topological polar surface area (TPSA) is 44.1 Å². The van der Waals surface area contributed by atoms with Gasteiger partial charge >= 0.3 is 0 Å². The molecule has 3 rings (SSSR count). The molecule has 4 unspecified atom stereocenters. The van der Waals surface area contributed by atoms with Crippen molar-refractivity contribution in [2.75, 3.05) is 13.1 Å². The molecule has 0 aromatic carbocycles. The van der Waals surface area contributed by atoms with Gasteiger partial charge in [0.25, 0.3) is 0 Å². The van der Waals surface area contributed by atoms with Crippen LogP contribution in [0.5, 0.6) is 0 Å². The summed E-state index contributed by atoms with van der Waals surface area (Å²) in [6.07, 6.45) is 4.57. The fourth-order valence-corrected chi connectivity index (χ4v) is 4.78. The zero-order chi connectivity index (χ0) is 13.6. The molecule has 0 radical (unpaired) electrons. The van der Waals surface area contributed by atoms with E-state index in [1.54, 1.807) is 0 Å². The lowest BCUT2D eigenvalue weighted by Gasteiger charge is -2.25. The van der Waals surface area contributed by atoms with E-state index in [0.29, 0.717) is 42.5 Å². The van der Waals surface area contributed by atoms with Crippen LogP contribution in [-0.4, -0.2) is 23.9 Å². The Balaban J connectivity index is 1.63. The first-order chi connectivity index (χ1) is 9.13. The van der Waals surface area contributed by atoms with Crippen LogP contribution in [0.15, 0.2) is 0 Å². The van der Waals surface area contributed by atoms with E-state index < -0.39 is 0 Å². The summed E-state index contributed by atoms with van der Waals surface area (Å²) in [5.41, 5.74) is 0. The second-order valence-electron chi connectivity index (χ2n) is 7.10. The van der Waals surface area contributed by atoms with E-state index in [0.717, 1.165) is 18.4 Å². The molecule has 3 heteroatoms. The lowest BCUT2D eigenvalue weighted by molar-refractivity contribution is -0.134. The number of amides is 1. The molecule has 3 saturated carbocycles. The number of nitrogens with zero attached hydrogens (tertiary/aromatic N) is 2. The predicted molar refractivity (Wildman–Crippen MR) is 72.9 cm³/mol. The summed E-state index contributed by atoms with van der Waals surface area (Å²) in [4.78, 5) is 14.7. The summed E-state index contributed by atoms with van der Waals surface area (Å²) in [5, 5.41) is 8.75. The summed E-state index contributed by atoms with van der Waals surface area (Å²) < 4.78 is 0. The van der Waals surface area contributed by atoms with Crippen molar-refractivity contribution in [2.24, 2.45) is 35.5 Å². The number of carbonyl (C=O) groups excluding carboxylic acids is 1. The molecule has 19 heavy (non-hydrogen) atoms. The highest BCUT2D eigenvalue weighted by Crippen LogP contribution is 2.69. The monoisotopic (exact) mass is 260 g/mol. The van der Waals surface area contributed by atoms with E-state index in [1.165, 1.54) is 19.3 Å². The highest BCUT2D eigenvalue weighted by Gasteiger charge is 2.67. The van der Waals surface area contributed by atoms with Crippen molar-refractivity contribution in [1.29, 1.82) is 5.26 Å². The second-order valence-corrected chi connectivity index (χ2v) is 7.10.